The highest BCUT2D eigenvalue weighted by molar-refractivity contribution is 5.88. The molecule has 0 aliphatic heterocycles. The summed E-state index contributed by atoms with van der Waals surface area (Å²) < 4.78 is 11.1. The first-order valence-corrected chi connectivity index (χ1v) is 6.67. The van der Waals surface area contributed by atoms with Gasteiger partial charge in [-0.05, 0) is 33.6 Å². The zero-order valence-corrected chi connectivity index (χ0v) is 11.8. The van der Waals surface area contributed by atoms with Crippen molar-refractivity contribution in [2.24, 2.45) is 0 Å². The third kappa shape index (κ3) is 2.59. The van der Waals surface area contributed by atoms with Crippen LogP contribution in [0.1, 0.15) is 33.6 Å². The van der Waals surface area contributed by atoms with Crippen LogP contribution in [-0.2, 0) is 4.74 Å². The van der Waals surface area contributed by atoms with Crippen LogP contribution in [0.3, 0.4) is 0 Å². The Balaban J connectivity index is 1.92. The van der Waals surface area contributed by atoms with E-state index in [-0.39, 0.29) is 12.1 Å². The molecule has 0 bridgehead atoms. The predicted molar refractivity (Wildman–Crippen MR) is 73.5 cm³/mol. The molecule has 6 nitrogen and oxygen atoms in total. The molecule has 2 heterocycles. The van der Waals surface area contributed by atoms with Gasteiger partial charge in [0.15, 0.2) is 5.58 Å². The van der Waals surface area contributed by atoms with Crippen molar-refractivity contribution in [3.8, 4) is 0 Å². The van der Waals surface area contributed by atoms with Crippen molar-refractivity contribution in [3.05, 3.63) is 18.5 Å². The first kappa shape index (κ1) is 12.9. The van der Waals surface area contributed by atoms with Crippen LogP contribution in [0, 0.1) is 0 Å². The second-order valence-corrected chi connectivity index (χ2v) is 5.92. The molecule has 2 aromatic heterocycles. The summed E-state index contributed by atoms with van der Waals surface area (Å²) >= 11 is 0. The number of pyridine rings is 1. The minimum absolute atomic E-state index is 0.117. The maximum absolute atomic E-state index is 12.3. The average molecular weight is 275 g/mol. The number of carbonyl (C=O) groups is 1. The van der Waals surface area contributed by atoms with Gasteiger partial charge in [0, 0.05) is 18.3 Å². The normalized spacial score (nSPS) is 15.3. The highest BCUT2D eigenvalue weighted by Crippen LogP contribution is 2.34. The monoisotopic (exact) mass is 275 g/mol. The van der Waals surface area contributed by atoms with Gasteiger partial charge in [0.1, 0.15) is 11.1 Å². The molecule has 106 valence electrons. The van der Waals surface area contributed by atoms with Crippen molar-refractivity contribution in [2.75, 3.05) is 4.90 Å². The van der Waals surface area contributed by atoms with E-state index in [9.17, 15) is 4.79 Å². The Labute approximate surface area is 116 Å². The lowest BCUT2D eigenvalue weighted by atomic mass is 10.2. The number of anilines is 1. The van der Waals surface area contributed by atoms with Gasteiger partial charge >= 0.3 is 12.1 Å². The zero-order valence-electron chi connectivity index (χ0n) is 11.8. The smallest absolute Gasteiger partial charge is 0.418 e. The van der Waals surface area contributed by atoms with Crippen LogP contribution in [0.4, 0.5) is 10.8 Å². The molecule has 1 amide bonds. The van der Waals surface area contributed by atoms with Gasteiger partial charge in [0.2, 0.25) is 0 Å². The Morgan fingerprint density at radius 3 is 2.80 bits per heavy atom. The van der Waals surface area contributed by atoms with E-state index in [4.69, 9.17) is 9.15 Å². The van der Waals surface area contributed by atoms with Crippen LogP contribution < -0.4 is 4.90 Å². The summed E-state index contributed by atoms with van der Waals surface area (Å²) in [6.45, 7) is 5.52. The fourth-order valence-electron chi connectivity index (χ4n) is 1.90. The molecular weight excluding hydrogens is 258 g/mol. The van der Waals surface area contributed by atoms with Crippen LogP contribution in [0.15, 0.2) is 22.9 Å². The number of nitrogens with zero attached hydrogens (tertiary/aromatic N) is 3. The van der Waals surface area contributed by atoms with Crippen LogP contribution in [0.5, 0.6) is 0 Å². The summed E-state index contributed by atoms with van der Waals surface area (Å²) in [5.41, 5.74) is 0.707. The Hall–Kier alpha value is -2.11. The van der Waals surface area contributed by atoms with Gasteiger partial charge in [-0.3, -0.25) is 4.98 Å². The van der Waals surface area contributed by atoms with Crippen LogP contribution in [0.25, 0.3) is 11.1 Å². The molecule has 0 spiro atoms. The van der Waals surface area contributed by atoms with Gasteiger partial charge in [-0.1, -0.05) is 0 Å². The molecule has 0 aromatic carbocycles. The highest BCUT2D eigenvalue weighted by atomic mass is 16.6. The first-order chi connectivity index (χ1) is 9.44. The van der Waals surface area contributed by atoms with Crippen molar-refractivity contribution in [3.63, 3.8) is 0 Å². The summed E-state index contributed by atoms with van der Waals surface area (Å²) in [6, 6.07) is 2.13. The molecule has 0 radical (unpaired) electrons. The van der Waals surface area contributed by atoms with E-state index in [1.165, 1.54) is 4.90 Å². The standard InChI is InChI=1S/C14H17N3O3/c1-14(2,3)20-13(18)17(9-4-5-9)12-16-10-8-15-7-6-11(10)19-12/h6-9H,4-5H2,1-3H3. The number of fused-ring (bicyclic) bond motifs is 1. The van der Waals surface area contributed by atoms with Crippen molar-refractivity contribution in [1.29, 1.82) is 0 Å². The summed E-state index contributed by atoms with van der Waals surface area (Å²) in [7, 11) is 0. The second kappa shape index (κ2) is 4.47. The number of oxazole rings is 1. The Morgan fingerprint density at radius 2 is 2.20 bits per heavy atom. The van der Waals surface area contributed by atoms with E-state index >= 15 is 0 Å². The van der Waals surface area contributed by atoms with Gasteiger partial charge in [0.05, 0.1) is 6.20 Å². The van der Waals surface area contributed by atoms with E-state index in [0.29, 0.717) is 11.1 Å². The van der Waals surface area contributed by atoms with Gasteiger partial charge in [-0.2, -0.15) is 4.98 Å². The van der Waals surface area contributed by atoms with Gasteiger partial charge in [-0.25, -0.2) is 9.69 Å². The molecule has 1 fully saturated rings. The van der Waals surface area contributed by atoms with Crippen molar-refractivity contribution < 1.29 is 13.9 Å². The largest absolute Gasteiger partial charge is 0.443 e. The van der Waals surface area contributed by atoms with Crippen LogP contribution in [0.2, 0.25) is 0 Å². The van der Waals surface area contributed by atoms with Gasteiger partial charge < -0.3 is 9.15 Å². The number of rotatable bonds is 2. The number of ether oxygens (including phenoxy) is 1. The quantitative estimate of drug-likeness (QED) is 0.842. The number of aromatic nitrogens is 2. The molecule has 1 saturated carbocycles. The number of amides is 1. The maximum atomic E-state index is 12.3. The van der Waals surface area contributed by atoms with E-state index < -0.39 is 11.7 Å². The Kier molecular flexibility index (Phi) is 2.88. The Bertz CT molecular complexity index is 607. The lowest BCUT2D eigenvalue weighted by Gasteiger charge is -2.24. The van der Waals surface area contributed by atoms with E-state index in [0.717, 1.165) is 12.8 Å². The highest BCUT2D eigenvalue weighted by Gasteiger charge is 2.39. The lowest BCUT2D eigenvalue weighted by molar-refractivity contribution is 0.0570. The third-order valence-electron chi connectivity index (χ3n) is 2.89. The minimum atomic E-state index is -0.544. The van der Waals surface area contributed by atoms with Crippen molar-refractivity contribution in [2.45, 2.75) is 45.3 Å². The van der Waals surface area contributed by atoms with E-state index in [1.54, 1.807) is 18.5 Å². The van der Waals surface area contributed by atoms with E-state index in [1.807, 2.05) is 20.8 Å². The summed E-state index contributed by atoms with van der Waals surface area (Å²) in [5.74, 6) is 0. The van der Waals surface area contributed by atoms with Crippen molar-refractivity contribution in [1.82, 2.24) is 9.97 Å². The van der Waals surface area contributed by atoms with Crippen LogP contribution in [-0.4, -0.2) is 27.7 Å². The Morgan fingerprint density at radius 1 is 1.45 bits per heavy atom. The second-order valence-electron chi connectivity index (χ2n) is 5.92. The molecule has 1 aliphatic carbocycles. The zero-order chi connectivity index (χ0) is 14.3. The summed E-state index contributed by atoms with van der Waals surface area (Å²) in [5, 5.41) is 0. The average Bonchev–Trinajstić information content (AvgIpc) is 3.06. The van der Waals surface area contributed by atoms with E-state index in [2.05, 4.69) is 9.97 Å². The molecule has 0 atom stereocenters. The maximum Gasteiger partial charge on any atom is 0.418 e. The van der Waals surface area contributed by atoms with Crippen LogP contribution >= 0.6 is 0 Å². The summed E-state index contributed by atoms with van der Waals surface area (Å²) in [4.78, 5) is 22.1. The summed E-state index contributed by atoms with van der Waals surface area (Å²) in [6.07, 6.45) is 4.71. The molecule has 1 aliphatic rings. The molecule has 0 N–H and O–H groups in total. The SMILES string of the molecule is CC(C)(C)OC(=O)N(c1nc2cnccc2o1)C1CC1. The molecule has 0 saturated heterocycles. The topological polar surface area (TPSA) is 68.5 Å². The molecule has 0 unspecified atom stereocenters. The third-order valence-corrected chi connectivity index (χ3v) is 2.89. The van der Waals surface area contributed by atoms with Gasteiger partial charge in [-0.15, -0.1) is 0 Å². The molecule has 20 heavy (non-hydrogen) atoms. The first-order valence-electron chi connectivity index (χ1n) is 6.67. The molecular formula is C14H17N3O3. The van der Waals surface area contributed by atoms with Crippen molar-refractivity contribution >= 4 is 23.2 Å². The molecule has 2 aromatic rings. The van der Waals surface area contributed by atoms with Gasteiger partial charge in [0.25, 0.3) is 0 Å². The minimum Gasteiger partial charge on any atom is -0.443 e. The lowest BCUT2D eigenvalue weighted by Crippen LogP contribution is -2.38. The predicted octanol–water partition coefficient (Wildman–Crippen LogP) is 3.13. The number of hydrogen-bond donors (Lipinski definition) is 0. The molecule has 6 heteroatoms. The fourth-order valence-corrected chi connectivity index (χ4v) is 1.90. The fraction of sp³-hybridized carbons (Fsp3) is 0.500. The number of carbonyl (C=O) groups excluding carboxylic acids is 1. The molecule has 3 rings (SSSR count). The number of hydrogen-bond acceptors (Lipinski definition) is 5.